The summed E-state index contributed by atoms with van der Waals surface area (Å²) >= 11 is 1.49. The maximum absolute atomic E-state index is 13.7. The lowest BCUT2D eigenvalue weighted by molar-refractivity contribution is -0.138. The van der Waals surface area contributed by atoms with E-state index >= 15 is 0 Å². The van der Waals surface area contributed by atoms with E-state index < -0.39 is 4.87 Å². The molecule has 2 aromatic carbocycles. The van der Waals surface area contributed by atoms with E-state index in [1.165, 1.54) is 18.7 Å². The number of nitrogens with zero attached hydrogens (tertiary/aromatic N) is 3. The molecule has 142 valence electrons. The molecule has 0 aromatic heterocycles. The van der Waals surface area contributed by atoms with E-state index in [0.29, 0.717) is 30.2 Å². The summed E-state index contributed by atoms with van der Waals surface area (Å²) < 4.78 is 5.38. The third-order valence-electron chi connectivity index (χ3n) is 5.18. The molecule has 2 amide bonds. The molecular weight excluding hydrogens is 374 g/mol. The number of fused-ring (bicyclic) bond motifs is 2. The highest BCUT2D eigenvalue weighted by Gasteiger charge is 2.58. The lowest BCUT2D eigenvalue weighted by atomic mass is 10.1. The molecule has 0 bridgehead atoms. The molecule has 1 atom stereocenters. The van der Waals surface area contributed by atoms with E-state index in [2.05, 4.69) is 6.07 Å². The van der Waals surface area contributed by atoms with Gasteiger partial charge in [0.2, 0.25) is 5.91 Å². The summed E-state index contributed by atoms with van der Waals surface area (Å²) in [6.07, 6.45) is 0. The fraction of sp³-hybridized carbons (Fsp3) is 0.286. The number of rotatable bonds is 3. The lowest BCUT2D eigenvalue weighted by Gasteiger charge is -2.32. The Morgan fingerprint density at radius 1 is 1.32 bits per heavy atom. The summed E-state index contributed by atoms with van der Waals surface area (Å²) in [6, 6.07) is 14.9. The third-order valence-corrected chi connectivity index (χ3v) is 6.60. The zero-order valence-electron chi connectivity index (χ0n) is 15.6. The summed E-state index contributed by atoms with van der Waals surface area (Å²) in [4.78, 5) is 28.3. The van der Waals surface area contributed by atoms with Gasteiger partial charge in [0.1, 0.15) is 5.75 Å². The van der Waals surface area contributed by atoms with Crippen molar-refractivity contribution < 1.29 is 14.3 Å². The van der Waals surface area contributed by atoms with Gasteiger partial charge in [0.05, 0.1) is 31.0 Å². The molecule has 6 nitrogen and oxygen atoms in total. The molecule has 28 heavy (non-hydrogen) atoms. The van der Waals surface area contributed by atoms with Gasteiger partial charge in [-0.1, -0.05) is 12.1 Å². The van der Waals surface area contributed by atoms with Crippen molar-refractivity contribution in [2.24, 2.45) is 0 Å². The second-order valence-electron chi connectivity index (χ2n) is 6.75. The molecule has 1 spiro atoms. The topological polar surface area (TPSA) is 73.6 Å². The number of anilines is 1. The quantitative estimate of drug-likeness (QED) is 0.802. The van der Waals surface area contributed by atoms with Crippen molar-refractivity contribution in [2.75, 3.05) is 24.3 Å². The Morgan fingerprint density at radius 3 is 2.86 bits per heavy atom. The van der Waals surface area contributed by atoms with Crippen molar-refractivity contribution in [1.29, 1.82) is 5.26 Å². The standard InChI is InChI=1S/C21H19N3O3S/c1-14(25)24-8-9-28-21(24)18-11-17(27-2)6-7-19(18)23(20(21)26)13-16-5-3-4-15(10-16)12-22/h3-7,10-11H,8-9,13H2,1-2H3/t21-/m0/s1. The molecule has 0 unspecified atom stereocenters. The molecule has 2 aliphatic rings. The Hall–Kier alpha value is -2.98. The number of carbonyl (C=O) groups excluding carboxylic acids is 2. The lowest BCUT2D eigenvalue weighted by Crippen LogP contribution is -2.49. The van der Waals surface area contributed by atoms with Gasteiger partial charge in [-0.2, -0.15) is 5.26 Å². The molecule has 0 N–H and O–H groups in total. The van der Waals surface area contributed by atoms with Crippen LogP contribution in [0, 0.1) is 11.3 Å². The summed E-state index contributed by atoms with van der Waals surface area (Å²) in [5.41, 5.74) is 2.97. The van der Waals surface area contributed by atoms with E-state index in [0.717, 1.165) is 16.8 Å². The van der Waals surface area contributed by atoms with Crippen molar-refractivity contribution in [3.8, 4) is 11.8 Å². The number of benzene rings is 2. The molecule has 0 aliphatic carbocycles. The minimum Gasteiger partial charge on any atom is -0.497 e. The predicted octanol–water partition coefficient (Wildman–Crippen LogP) is 2.86. The second-order valence-corrected chi connectivity index (χ2v) is 8.04. The van der Waals surface area contributed by atoms with Gasteiger partial charge in [0.25, 0.3) is 5.91 Å². The Labute approximate surface area is 167 Å². The molecule has 2 aliphatic heterocycles. The van der Waals surface area contributed by atoms with Crippen LogP contribution in [0.1, 0.15) is 23.6 Å². The minimum atomic E-state index is -1.05. The number of methoxy groups -OCH3 is 1. The highest BCUT2D eigenvalue weighted by molar-refractivity contribution is 8.01. The SMILES string of the molecule is COc1ccc2c(c1)[C@]1(SCCN1C(C)=O)C(=O)N2Cc1cccc(C#N)c1. The van der Waals surface area contributed by atoms with E-state index in [9.17, 15) is 9.59 Å². The number of nitriles is 1. The van der Waals surface area contributed by atoms with Crippen molar-refractivity contribution in [2.45, 2.75) is 18.3 Å². The fourth-order valence-electron chi connectivity index (χ4n) is 3.93. The zero-order chi connectivity index (χ0) is 19.9. The highest BCUT2D eigenvalue weighted by atomic mass is 32.2. The fourth-order valence-corrected chi connectivity index (χ4v) is 5.43. The molecule has 0 radical (unpaired) electrons. The van der Waals surface area contributed by atoms with Crippen LogP contribution in [0.25, 0.3) is 0 Å². The van der Waals surface area contributed by atoms with Crippen LogP contribution in [0.2, 0.25) is 0 Å². The number of amides is 2. The summed E-state index contributed by atoms with van der Waals surface area (Å²) in [5.74, 6) is 1.09. The van der Waals surface area contributed by atoms with Crippen LogP contribution in [0.3, 0.4) is 0 Å². The Balaban J connectivity index is 1.83. The van der Waals surface area contributed by atoms with Gasteiger partial charge in [-0.25, -0.2) is 0 Å². The summed E-state index contributed by atoms with van der Waals surface area (Å²) in [6.45, 7) is 2.36. The molecular formula is C21H19N3O3S. The van der Waals surface area contributed by atoms with Crippen LogP contribution in [-0.4, -0.2) is 36.1 Å². The van der Waals surface area contributed by atoms with Crippen molar-refractivity contribution in [1.82, 2.24) is 4.90 Å². The Kier molecular flexibility index (Phi) is 4.52. The van der Waals surface area contributed by atoms with Gasteiger partial charge in [-0.05, 0) is 35.9 Å². The largest absolute Gasteiger partial charge is 0.497 e. The van der Waals surface area contributed by atoms with Gasteiger partial charge in [0, 0.05) is 24.8 Å². The molecule has 0 saturated carbocycles. The number of hydrogen-bond acceptors (Lipinski definition) is 5. The first-order valence-electron chi connectivity index (χ1n) is 8.93. The van der Waals surface area contributed by atoms with Crippen LogP contribution < -0.4 is 9.64 Å². The van der Waals surface area contributed by atoms with Gasteiger partial charge in [-0.3, -0.25) is 9.59 Å². The third kappa shape index (κ3) is 2.64. The second kappa shape index (κ2) is 6.88. The first-order chi connectivity index (χ1) is 13.5. The molecule has 4 rings (SSSR count). The first-order valence-corrected chi connectivity index (χ1v) is 9.91. The van der Waals surface area contributed by atoms with Gasteiger partial charge in [0.15, 0.2) is 4.87 Å². The summed E-state index contributed by atoms with van der Waals surface area (Å²) in [5, 5.41) is 9.16. The van der Waals surface area contributed by atoms with E-state index in [1.54, 1.807) is 29.0 Å². The first kappa shape index (κ1) is 18.4. The molecule has 2 aromatic rings. The van der Waals surface area contributed by atoms with E-state index in [1.807, 2.05) is 30.3 Å². The molecule has 1 fully saturated rings. The molecule has 7 heteroatoms. The normalized spacial score (nSPS) is 20.4. The molecule has 2 heterocycles. The maximum atomic E-state index is 13.7. The van der Waals surface area contributed by atoms with Crippen molar-refractivity contribution in [3.63, 3.8) is 0 Å². The van der Waals surface area contributed by atoms with E-state index in [-0.39, 0.29) is 11.8 Å². The van der Waals surface area contributed by atoms with Crippen LogP contribution >= 0.6 is 11.8 Å². The summed E-state index contributed by atoms with van der Waals surface area (Å²) in [7, 11) is 1.58. The predicted molar refractivity (Wildman–Crippen MR) is 107 cm³/mol. The van der Waals surface area contributed by atoms with Gasteiger partial charge in [-0.15, -0.1) is 11.8 Å². The van der Waals surface area contributed by atoms with Crippen LogP contribution in [-0.2, 0) is 21.0 Å². The highest BCUT2D eigenvalue weighted by Crippen LogP contribution is 2.55. The smallest absolute Gasteiger partial charge is 0.268 e. The van der Waals surface area contributed by atoms with Gasteiger partial charge >= 0.3 is 0 Å². The Morgan fingerprint density at radius 2 is 2.14 bits per heavy atom. The average Bonchev–Trinajstić information content (AvgIpc) is 3.25. The van der Waals surface area contributed by atoms with E-state index in [4.69, 9.17) is 10.00 Å². The minimum absolute atomic E-state index is 0.125. The van der Waals surface area contributed by atoms with Crippen LogP contribution in [0.4, 0.5) is 5.69 Å². The van der Waals surface area contributed by atoms with Crippen molar-refractivity contribution >= 4 is 29.3 Å². The Bertz CT molecular complexity index is 1020. The number of carbonyl (C=O) groups is 2. The average molecular weight is 393 g/mol. The monoisotopic (exact) mass is 393 g/mol. The van der Waals surface area contributed by atoms with Crippen molar-refractivity contribution in [3.05, 3.63) is 59.2 Å². The zero-order valence-corrected chi connectivity index (χ0v) is 16.5. The van der Waals surface area contributed by atoms with Crippen LogP contribution in [0.5, 0.6) is 5.75 Å². The maximum Gasteiger partial charge on any atom is 0.268 e. The molecule has 1 saturated heterocycles. The number of ether oxygens (including phenoxy) is 1. The van der Waals surface area contributed by atoms with Crippen LogP contribution in [0.15, 0.2) is 42.5 Å². The number of thioether (sulfide) groups is 1. The van der Waals surface area contributed by atoms with Gasteiger partial charge < -0.3 is 14.5 Å². The number of hydrogen-bond donors (Lipinski definition) is 0.